The Morgan fingerprint density at radius 3 is 1.81 bits per heavy atom. The van der Waals surface area contributed by atoms with Gasteiger partial charge in [0.2, 0.25) is 5.91 Å². The number of hydrogen-bond acceptors (Lipinski definition) is 22. The van der Waals surface area contributed by atoms with Crippen molar-refractivity contribution in [1.29, 1.82) is 0 Å². The van der Waals surface area contributed by atoms with Crippen molar-refractivity contribution in [2.24, 2.45) is 0 Å². The molecule has 15 atom stereocenters. The minimum atomic E-state index is -1.94. The predicted octanol–water partition coefficient (Wildman–Crippen LogP) is -8.81. The van der Waals surface area contributed by atoms with Crippen molar-refractivity contribution in [3.63, 3.8) is 0 Å². The normalized spacial score (nSPS) is 39.8. The molecule has 24 heteroatoms. The van der Waals surface area contributed by atoms with Gasteiger partial charge in [0.15, 0.2) is 18.9 Å². The molecule has 4 fully saturated rings. The lowest BCUT2D eigenvalue weighted by molar-refractivity contribution is -0.366. The van der Waals surface area contributed by atoms with Crippen molar-refractivity contribution in [3.05, 3.63) is 0 Å². The van der Waals surface area contributed by atoms with Crippen molar-refractivity contribution >= 4 is 23.7 Å². The van der Waals surface area contributed by atoms with Gasteiger partial charge in [0.1, 0.15) is 86.5 Å². The number of aliphatic hydroxyl groups excluding tert-OH is 10. The van der Waals surface area contributed by atoms with Gasteiger partial charge in [-0.05, 0) is 0 Å². The van der Waals surface area contributed by atoms with E-state index in [0.717, 1.165) is 0 Å². The number of nitrogens with one attached hydrogen (secondary N) is 1. The van der Waals surface area contributed by atoms with Crippen molar-refractivity contribution in [2.75, 3.05) is 46.2 Å². The number of rotatable bonds is 16. The van der Waals surface area contributed by atoms with E-state index in [2.05, 4.69) is 10.2 Å². The molecule has 0 radical (unpaired) electrons. The lowest BCUT2D eigenvalue weighted by Crippen LogP contribution is -2.65. The molecule has 24 nitrogen and oxygen atoms in total. The van der Waals surface area contributed by atoms with E-state index in [1.807, 2.05) is 0 Å². The molecule has 3 amide bonds. The standard InChI is InChI=1S/C28H44N2O22/c31-5-10-17(37)20(40)22(42)26(48-10)47-7-12-19(39)25(51-28-23(43)21(41)18(38)11(6-32)49-28)24(44)27(50-12)46-4-3-29-13(33)8-45-9-16(36)52-30-14(34)1-2-15(30)35/h10-12,17-28,31-32,37-44H,1-9H2,(H,29,33)/t10-,11-,12-,17-,18-,19-,20+,21+,22+,23+,24+,25+,26+,27-,28-/m1/s1. The second-order valence-electron chi connectivity index (χ2n) is 12.1. The number of hydroxylamine groups is 2. The van der Waals surface area contributed by atoms with E-state index >= 15 is 0 Å². The molecule has 0 unspecified atom stereocenters. The van der Waals surface area contributed by atoms with E-state index < -0.39 is 149 Å². The van der Waals surface area contributed by atoms with Crippen molar-refractivity contribution in [3.8, 4) is 0 Å². The summed E-state index contributed by atoms with van der Waals surface area (Å²) in [5.41, 5.74) is 0. The Hall–Kier alpha value is -2.60. The summed E-state index contributed by atoms with van der Waals surface area (Å²) in [5, 5.41) is 105. The van der Waals surface area contributed by atoms with Gasteiger partial charge in [-0.25, -0.2) is 4.79 Å². The number of aliphatic hydroxyl groups is 10. The summed E-state index contributed by atoms with van der Waals surface area (Å²) in [5.74, 6) is -3.25. The van der Waals surface area contributed by atoms with Gasteiger partial charge in [0, 0.05) is 19.4 Å². The largest absolute Gasteiger partial charge is 0.394 e. The van der Waals surface area contributed by atoms with Crippen LogP contribution in [0.15, 0.2) is 0 Å². The molecular formula is C28H44N2O22. The molecule has 4 rings (SSSR count). The molecule has 11 N–H and O–H groups in total. The van der Waals surface area contributed by atoms with Gasteiger partial charge >= 0.3 is 5.97 Å². The van der Waals surface area contributed by atoms with Crippen LogP contribution in [0.25, 0.3) is 0 Å². The Morgan fingerprint density at radius 1 is 0.673 bits per heavy atom. The highest BCUT2D eigenvalue weighted by Gasteiger charge is 2.52. The van der Waals surface area contributed by atoms with Gasteiger partial charge in [-0.15, -0.1) is 5.06 Å². The number of carbonyl (C=O) groups excluding carboxylic acids is 4. The van der Waals surface area contributed by atoms with Crippen LogP contribution in [0.5, 0.6) is 0 Å². The monoisotopic (exact) mass is 760 g/mol. The zero-order valence-corrected chi connectivity index (χ0v) is 27.3. The molecule has 52 heavy (non-hydrogen) atoms. The van der Waals surface area contributed by atoms with Crippen LogP contribution in [0, 0.1) is 0 Å². The van der Waals surface area contributed by atoms with Crippen LogP contribution >= 0.6 is 0 Å². The zero-order valence-electron chi connectivity index (χ0n) is 27.3. The Morgan fingerprint density at radius 2 is 1.21 bits per heavy atom. The zero-order chi connectivity index (χ0) is 38.3. The topological polar surface area (TPSA) is 360 Å². The molecule has 0 spiro atoms. The fraction of sp³-hybridized carbons (Fsp3) is 0.857. The summed E-state index contributed by atoms with van der Waals surface area (Å²) in [6.07, 6.45) is -26.0. The molecule has 4 aliphatic heterocycles. The van der Waals surface area contributed by atoms with Gasteiger partial charge in [-0.3, -0.25) is 14.4 Å². The molecule has 4 aliphatic rings. The first-order chi connectivity index (χ1) is 24.7. The smallest absolute Gasteiger partial charge is 0.358 e. The van der Waals surface area contributed by atoms with Crippen molar-refractivity contribution < 1.29 is 108 Å². The summed E-state index contributed by atoms with van der Waals surface area (Å²) in [6.45, 7) is -4.30. The van der Waals surface area contributed by atoms with Crippen LogP contribution in [0.4, 0.5) is 0 Å². The summed E-state index contributed by atoms with van der Waals surface area (Å²) in [6, 6.07) is 0. The minimum absolute atomic E-state index is 0.108. The summed E-state index contributed by atoms with van der Waals surface area (Å²) in [4.78, 5) is 51.6. The Balaban J connectivity index is 1.33. The van der Waals surface area contributed by atoms with Gasteiger partial charge in [0.05, 0.1) is 26.4 Å². The Kier molecular flexibility index (Phi) is 15.5. The average molecular weight is 761 g/mol. The fourth-order valence-electron chi connectivity index (χ4n) is 5.50. The van der Waals surface area contributed by atoms with E-state index in [1.54, 1.807) is 0 Å². The first-order valence-corrected chi connectivity index (χ1v) is 16.1. The maximum Gasteiger partial charge on any atom is 0.358 e. The van der Waals surface area contributed by atoms with E-state index in [4.69, 9.17) is 33.2 Å². The van der Waals surface area contributed by atoms with Gasteiger partial charge < -0.3 is 94.4 Å². The number of nitrogens with zero attached hydrogens (tertiary/aromatic N) is 1. The third kappa shape index (κ3) is 10.1. The SMILES string of the molecule is O=C(COCC(=O)ON1C(=O)CCC1=O)NCCO[C@@H]1O[C@H](CO[C@H]2O[C@H](CO)[C@@H](O)[C@H](O)[C@@H]2O)[C@@H](O)[C@H](O[C@H]2O[C@H](CO)[C@@H](O)[C@H](O)[C@@H]2O)[C@@H]1O. The molecule has 0 saturated carbocycles. The minimum Gasteiger partial charge on any atom is -0.394 e. The van der Waals surface area contributed by atoms with E-state index in [-0.39, 0.29) is 26.0 Å². The van der Waals surface area contributed by atoms with Gasteiger partial charge in [-0.1, -0.05) is 0 Å². The number of imide groups is 1. The fourth-order valence-corrected chi connectivity index (χ4v) is 5.50. The van der Waals surface area contributed by atoms with Crippen LogP contribution in [-0.4, -0.2) is 218 Å². The maximum absolute atomic E-state index is 12.2. The highest BCUT2D eigenvalue weighted by molar-refractivity contribution is 6.01. The van der Waals surface area contributed by atoms with Crippen LogP contribution in [0.3, 0.4) is 0 Å². The highest BCUT2D eigenvalue weighted by Crippen LogP contribution is 2.31. The van der Waals surface area contributed by atoms with Crippen LogP contribution in [-0.2, 0) is 57.2 Å². The quantitative estimate of drug-likeness (QED) is 0.0514. The molecule has 298 valence electrons. The highest BCUT2D eigenvalue weighted by atomic mass is 16.8. The lowest BCUT2D eigenvalue weighted by atomic mass is 9.96. The average Bonchev–Trinajstić information content (AvgIpc) is 3.43. The van der Waals surface area contributed by atoms with E-state index in [0.29, 0.717) is 5.06 Å². The molecule has 0 bridgehead atoms. The second kappa shape index (κ2) is 19.1. The Labute approximate surface area is 293 Å². The summed E-state index contributed by atoms with van der Waals surface area (Å²) in [7, 11) is 0. The first-order valence-electron chi connectivity index (χ1n) is 16.1. The predicted molar refractivity (Wildman–Crippen MR) is 156 cm³/mol. The first kappa shape index (κ1) is 42.1. The number of hydrogen-bond donors (Lipinski definition) is 11. The van der Waals surface area contributed by atoms with E-state index in [1.165, 1.54) is 0 Å². The second-order valence-corrected chi connectivity index (χ2v) is 12.1. The van der Waals surface area contributed by atoms with Crippen LogP contribution in [0.1, 0.15) is 12.8 Å². The van der Waals surface area contributed by atoms with Gasteiger partial charge in [0.25, 0.3) is 11.8 Å². The van der Waals surface area contributed by atoms with Crippen LogP contribution in [0.2, 0.25) is 0 Å². The molecule has 4 heterocycles. The summed E-state index contributed by atoms with van der Waals surface area (Å²) >= 11 is 0. The third-order valence-electron chi connectivity index (χ3n) is 8.41. The molecule has 0 aromatic heterocycles. The van der Waals surface area contributed by atoms with Crippen LogP contribution < -0.4 is 5.32 Å². The lowest BCUT2D eigenvalue weighted by Gasteiger charge is -2.46. The molecule has 0 aromatic carbocycles. The number of carbonyl (C=O) groups is 4. The summed E-state index contributed by atoms with van der Waals surface area (Å²) < 4.78 is 37.7. The molecular weight excluding hydrogens is 716 g/mol. The third-order valence-corrected chi connectivity index (χ3v) is 8.41. The molecule has 4 saturated heterocycles. The molecule has 0 aromatic rings. The molecule has 0 aliphatic carbocycles. The van der Waals surface area contributed by atoms with E-state index in [9.17, 15) is 70.2 Å². The number of amides is 3. The van der Waals surface area contributed by atoms with Crippen molar-refractivity contribution in [1.82, 2.24) is 10.4 Å². The van der Waals surface area contributed by atoms with Crippen molar-refractivity contribution in [2.45, 2.75) is 105 Å². The number of ether oxygens (including phenoxy) is 7. The van der Waals surface area contributed by atoms with Gasteiger partial charge in [-0.2, -0.15) is 0 Å². The maximum atomic E-state index is 12.2. The Bertz CT molecular complexity index is 1190.